The number of aromatic nitrogens is 3. The largest absolute Gasteiger partial charge is 0.484 e. The molecule has 9 heteroatoms. The molecule has 0 aliphatic heterocycles. The molecule has 0 spiro atoms. The van der Waals surface area contributed by atoms with Crippen molar-refractivity contribution in [1.29, 1.82) is 0 Å². The Morgan fingerprint density at radius 3 is 2.41 bits per heavy atom. The van der Waals surface area contributed by atoms with Gasteiger partial charge in [0.05, 0.1) is 18.7 Å². The average Bonchev–Trinajstić information content (AvgIpc) is 3.52. The zero-order valence-electron chi connectivity index (χ0n) is 17.5. The van der Waals surface area contributed by atoms with E-state index < -0.39 is 18.8 Å². The first kappa shape index (κ1) is 21.9. The second-order valence-electron chi connectivity index (χ2n) is 7.98. The van der Waals surface area contributed by atoms with Crippen molar-refractivity contribution in [1.82, 2.24) is 20.3 Å². The highest BCUT2D eigenvalue weighted by molar-refractivity contribution is 5.79. The number of halogens is 3. The Morgan fingerprint density at radius 2 is 1.84 bits per heavy atom. The maximum Gasteiger partial charge on any atom is 0.422 e. The van der Waals surface area contributed by atoms with Crippen LogP contribution in [0.2, 0.25) is 0 Å². The van der Waals surface area contributed by atoms with E-state index in [1.165, 1.54) is 35.2 Å². The fraction of sp³-hybridized carbons (Fsp3) is 0.348. The van der Waals surface area contributed by atoms with Crippen LogP contribution in [-0.2, 0) is 18.3 Å². The lowest BCUT2D eigenvalue weighted by atomic mass is 10.0. The molecule has 1 aliphatic carbocycles. The van der Waals surface area contributed by atoms with Crippen LogP contribution in [0.25, 0.3) is 0 Å². The molecule has 1 amide bonds. The molecule has 1 fully saturated rings. The summed E-state index contributed by atoms with van der Waals surface area (Å²) < 4.78 is 43.4. The van der Waals surface area contributed by atoms with E-state index in [1.807, 2.05) is 12.1 Å². The first-order chi connectivity index (χ1) is 15.3. The highest BCUT2D eigenvalue weighted by Crippen LogP contribution is 2.39. The molecule has 6 nitrogen and oxygen atoms in total. The van der Waals surface area contributed by atoms with Crippen molar-refractivity contribution < 1.29 is 22.7 Å². The Bertz CT molecular complexity index is 1060. The third-order valence-electron chi connectivity index (χ3n) is 5.23. The van der Waals surface area contributed by atoms with Gasteiger partial charge in [0, 0.05) is 7.05 Å². The Kier molecular flexibility index (Phi) is 6.16. The van der Waals surface area contributed by atoms with E-state index in [1.54, 1.807) is 25.4 Å². The van der Waals surface area contributed by atoms with Crippen LogP contribution in [0.4, 0.5) is 13.2 Å². The van der Waals surface area contributed by atoms with Gasteiger partial charge in [0.25, 0.3) is 0 Å². The predicted octanol–water partition coefficient (Wildman–Crippen LogP) is 4.08. The van der Waals surface area contributed by atoms with E-state index >= 15 is 0 Å². The number of aryl methyl sites for hydroxylation is 1. The number of nitrogens with zero attached hydrogens (tertiary/aromatic N) is 3. The van der Waals surface area contributed by atoms with Crippen molar-refractivity contribution in [2.24, 2.45) is 7.05 Å². The molecular formula is C23H23F3N4O2. The summed E-state index contributed by atoms with van der Waals surface area (Å²) in [6.07, 6.45) is -0.0804. The molecule has 1 aliphatic rings. The maximum atomic E-state index is 12.8. The summed E-state index contributed by atoms with van der Waals surface area (Å²) in [4.78, 5) is 12.8. The van der Waals surface area contributed by atoms with Gasteiger partial charge in [-0.05, 0) is 47.6 Å². The summed E-state index contributed by atoms with van der Waals surface area (Å²) >= 11 is 0. The maximum absolute atomic E-state index is 12.8. The summed E-state index contributed by atoms with van der Waals surface area (Å²) in [6.45, 7) is -1.36. The van der Waals surface area contributed by atoms with Crippen LogP contribution in [0, 0.1) is 0 Å². The number of amides is 1. The third-order valence-corrected chi connectivity index (χ3v) is 5.23. The van der Waals surface area contributed by atoms with E-state index in [9.17, 15) is 18.0 Å². The van der Waals surface area contributed by atoms with Gasteiger partial charge < -0.3 is 10.1 Å². The van der Waals surface area contributed by atoms with Gasteiger partial charge in [0.1, 0.15) is 11.4 Å². The van der Waals surface area contributed by atoms with Crippen molar-refractivity contribution in [3.63, 3.8) is 0 Å². The minimum Gasteiger partial charge on any atom is -0.484 e. The lowest BCUT2D eigenvalue weighted by Crippen LogP contribution is -2.31. The first-order valence-corrected chi connectivity index (χ1v) is 10.3. The minimum atomic E-state index is -4.41. The molecule has 3 aromatic rings. The van der Waals surface area contributed by atoms with Crippen LogP contribution in [-0.4, -0.2) is 33.7 Å². The van der Waals surface area contributed by atoms with E-state index in [2.05, 4.69) is 27.8 Å². The van der Waals surface area contributed by atoms with E-state index in [4.69, 9.17) is 4.74 Å². The highest BCUT2D eigenvalue weighted by atomic mass is 19.4. The van der Waals surface area contributed by atoms with Crippen molar-refractivity contribution in [2.75, 3.05) is 6.61 Å². The first-order valence-electron chi connectivity index (χ1n) is 10.3. The van der Waals surface area contributed by atoms with Crippen LogP contribution in [0.5, 0.6) is 5.75 Å². The van der Waals surface area contributed by atoms with Gasteiger partial charge in [-0.3, -0.25) is 9.48 Å². The number of alkyl halides is 3. The van der Waals surface area contributed by atoms with Gasteiger partial charge in [-0.15, -0.1) is 5.10 Å². The summed E-state index contributed by atoms with van der Waals surface area (Å²) in [5.41, 5.74) is 3.39. The molecule has 0 saturated heterocycles. The summed E-state index contributed by atoms with van der Waals surface area (Å²) in [7, 11) is 1.71. The zero-order chi connectivity index (χ0) is 22.7. The Hall–Kier alpha value is -3.36. The number of carbonyl (C=O) groups is 1. The normalized spacial score (nSPS) is 14.8. The van der Waals surface area contributed by atoms with Crippen LogP contribution in [0.3, 0.4) is 0 Å². The van der Waals surface area contributed by atoms with E-state index in [0.29, 0.717) is 17.2 Å². The van der Waals surface area contributed by atoms with Crippen LogP contribution in [0.15, 0.2) is 54.7 Å². The van der Waals surface area contributed by atoms with E-state index in [0.717, 1.165) is 5.56 Å². The molecule has 1 saturated carbocycles. The van der Waals surface area contributed by atoms with Gasteiger partial charge in [0.15, 0.2) is 6.61 Å². The average molecular weight is 444 g/mol. The summed E-state index contributed by atoms with van der Waals surface area (Å²) in [5, 5.41) is 11.0. The van der Waals surface area contributed by atoms with Crippen molar-refractivity contribution >= 4 is 5.91 Å². The number of nitrogens with one attached hydrogen (secondary N) is 1. The molecule has 4 rings (SSSR count). The number of carbonyl (C=O) groups excluding carboxylic acids is 1. The highest BCUT2D eigenvalue weighted by Gasteiger charge is 2.28. The quantitative estimate of drug-likeness (QED) is 0.569. The topological polar surface area (TPSA) is 69.0 Å². The fourth-order valence-corrected chi connectivity index (χ4v) is 3.47. The summed E-state index contributed by atoms with van der Waals surface area (Å²) in [6, 6.07) is 13.6. The smallest absolute Gasteiger partial charge is 0.422 e. The van der Waals surface area contributed by atoms with Gasteiger partial charge in [-0.1, -0.05) is 41.6 Å². The summed E-state index contributed by atoms with van der Waals surface area (Å²) in [5.74, 6) is 0.547. The Labute approximate surface area is 183 Å². The fourth-order valence-electron chi connectivity index (χ4n) is 3.47. The molecule has 2 aromatic carbocycles. The number of rotatable bonds is 8. The standard InChI is InChI=1S/C23H23F3N4O2/c1-30-13-20(28-29-30)22(18-8-10-19(11-9-18)32-14-23(24,25)26)27-21(31)12-15-2-4-16(5-3-15)17-6-7-17/h2-5,8-11,13,17,22H,6-7,12,14H2,1H3,(H,27,31). The molecule has 1 unspecified atom stereocenters. The van der Waals surface area contributed by atoms with Gasteiger partial charge in [0.2, 0.25) is 5.91 Å². The van der Waals surface area contributed by atoms with Crippen molar-refractivity contribution in [3.8, 4) is 5.75 Å². The van der Waals surface area contributed by atoms with Crippen LogP contribution >= 0.6 is 0 Å². The predicted molar refractivity (Wildman–Crippen MR) is 111 cm³/mol. The van der Waals surface area contributed by atoms with Crippen LogP contribution in [0.1, 0.15) is 47.2 Å². The molecule has 1 heterocycles. The number of benzene rings is 2. The van der Waals surface area contributed by atoms with Gasteiger partial charge >= 0.3 is 6.18 Å². The Balaban J connectivity index is 1.46. The van der Waals surface area contributed by atoms with Crippen molar-refractivity contribution in [2.45, 2.75) is 37.4 Å². The molecule has 1 atom stereocenters. The molecule has 1 N–H and O–H groups in total. The third kappa shape index (κ3) is 5.87. The second-order valence-corrected chi connectivity index (χ2v) is 7.98. The van der Waals surface area contributed by atoms with E-state index in [-0.39, 0.29) is 18.1 Å². The zero-order valence-corrected chi connectivity index (χ0v) is 17.5. The molecule has 0 radical (unpaired) electrons. The van der Waals surface area contributed by atoms with Crippen molar-refractivity contribution in [3.05, 3.63) is 77.1 Å². The molecule has 0 bridgehead atoms. The lowest BCUT2D eigenvalue weighted by Gasteiger charge is -2.18. The number of hydrogen-bond acceptors (Lipinski definition) is 4. The minimum absolute atomic E-state index is 0.0889. The van der Waals surface area contributed by atoms with Crippen LogP contribution < -0.4 is 10.1 Å². The number of ether oxygens (including phenoxy) is 1. The van der Waals surface area contributed by atoms with Gasteiger partial charge in [-0.2, -0.15) is 13.2 Å². The monoisotopic (exact) mass is 444 g/mol. The molecule has 32 heavy (non-hydrogen) atoms. The molecule has 168 valence electrons. The Morgan fingerprint density at radius 1 is 1.16 bits per heavy atom. The number of hydrogen-bond donors (Lipinski definition) is 1. The molecular weight excluding hydrogens is 421 g/mol. The SMILES string of the molecule is Cn1cc(C(NC(=O)Cc2ccc(C3CC3)cc2)c2ccc(OCC(F)(F)F)cc2)nn1. The lowest BCUT2D eigenvalue weighted by molar-refractivity contribution is -0.153. The second kappa shape index (κ2) is 9.02. The molecule has 1 aromatic heterocycles. The van der Waals surface area contributed by atoms with Gasteiger partial charge in [-0.25, -0.2) is 0 Å².